The van der Waals surface area contributed by atoms with Crippen molar-refractivity contribution < 1.29 is 4.79 Å². The minimum atomic E-state index is 0. The predicted molar refractivity (Wildman–Crippen MR) is 114 cm³/mol. The number of nitrogens with one attached hydrogen (secondary N) is 2. The number of amides is 1. The summed E-state index contributed by atoms with van der Waals surface area (Å²) in [5.41, 5.74) is 3.41. The number of aryl methyl sites for hydroxylation is 1. The molecule has 26 heavy (non-hydrogen) atoms. The number of hydrogen-bond donors (Lipinski definition) is 2. The summed E-state index contributed by atoms with van der Waals surface area (Å²) in [6, 6.07) is 8.30. The topological polar surface area (TPSA) is 54.0 Å². The lowest BCUT2D eigenvalue weighted by Gasteiger charge is -2.34. The largest absolute Gasteiger partial charge is 0.355 e. The van der Waals surface area contributed by atoms with Crippen LogP contribution in [-0.4, -0.2) is 30.5 Å². The number of aromatic nitrogens is 1. The summed E-state index contributed by atoms with van der Waals surface area (Å²) in [4.78, 5) is 16.9. The fourth-order valence-corrected chi connectivity index (χ4v) is 3.86. The van der Waals surface area contributed by atoms with Crippen molar-refractivity contribution in [2.75, 3.05) is 19.6 Å². The Morgan fingerprint density at radius 2 is 2.04 bits per heavy atom. The van der Waals surface area contributed by atoms with Crippen LogP contribution in [0.3, 0.4) is 0 Å². The molecule has 0 radical (unpaired) electrons. The van der Waals surface area contributed by atoms with Gasteiger partial charge < -0.3 is 10.6 Å². The molecule has 0 bridgehead atoms. The van der Waals surface area contributed by atoms with Crippen molar-refractivity contribution >= 4 is 42.1 Å². The van der Waals surface area contributed by atoms with Gasteiger partial charge in [0.25, 0.3) is 0 Å². The monoisotopic (exact) mass is 415 g/mol. The van der Waals surface area contributed by atoms with Gasteiger partial charge in [0.05, 0.1) is 12.1 Å². The molecule has 1 amide bonds. The zero-order chi connectivity index (χ0) is 17.0. The Bertz CT molecular complexity index is 714. The Balaban J connectivity index is 0.00000169. The van der Waals surface area contributed by atoms with Gasteiger partial charge in [-0.3, -0.25) is 4.79 Å². The van der Waals surface area contributed by atoms with Crippen LogP contribution < -0.4 is 10.6 Å². The number of carbonyl (C=O) groups excluding carboxylic acids is 1. The molecule has 1 fully saturated rings. The second-order valence-corrected chi connectivity index (χ2v) is 7.89. The Morgan fingerprint density at radius 3 is 2.73 bits per heavy atom. The van der Waals surface area contributed by atoms with Crippen LogP contribution in [-0.2, 0) is 11.2 Å². The van der Waals surface area contributed by atoms with Gasteiger partial charge >= 0.3 is 0 Å². The summed E-state index contributed by atoms with van der Waals surface area (Å²) in [6.07, 6.45) is 2.58. The quantitative estimate of drug-likeness (QED) is 0.775. The van der Waals surface area contributed by atoms with Crippen LogP contribution in [0.2, 0.25) is 0 Å². The first-order valence-corrected chi connectivity index (χ1v) is 9.41. The Hall–Kier alpha value is -1.14. The second kappa shape index (κ2) is 10.3. The molecular formula is C19H27Cl2N3OS. The molecule has 0 spiro atoms. The van der Waals surface area contributed by atoms with Gasteiger partial charge in [0.15, 0.2) is 0 Å². The van der Waals surface area contributed by atoms with E-state index in [1.54, 1.807) is 11.3 Å². The van der Waals surface area contributed by atoms with Crippen molar-refractivity contribution in [2.45, 2.75) is 33.1 Å². The molecule has 2 aromatic rings. The molecule has 2 heterocycles. The van der Waals surface area contributed by atoms with E-state index in [4.69, 9.17) is 0 Å². The molecule has 0 atom stereocenters. The minimum absolute atomic E-state index is 0. The lowest BCUT2D eigenvalue weighted by atomic mass is 9.81. The highest BCUT2D eigenvalue weighted by molar-refractivity contribution is 7.13. The molecule has 0 saturated carbocycles. The first kappa shape index (κ1) is 22.9. The Kier molecular flexibility index (Phi) is 9.04. The van der Waals surface area contributed by atoms with Gasteiger partial charge in [-0.05, 0) is 44.3 Å². The van der Waals surface area contributed by atoms with Gasteiger partial charge in [0, 0.05) is 17.5 Å². The second-order valence-electron chi connectivity index (χ2n) is 7.03. The van der Waals surface area contributed by atoms with Crippen LogP contribution >= 0.6 is 36.2 Å². The average molecular weight is 416 g/mol. The van der Waals surface area contributed by atoms with Gasteiger partial charge in [-0.15, -0.1) is 36.2 Å². The molecular weight excluding hydrogens is 389 g/mol. The van der Waals surface area contributed by atoms with Gasteiger partial charge in [-0.25, -0.2) is 4.98 Å². The average Bonchev–Trinajstić information content (AvgIpc) is 3.02. The van der Waals surface area contributed by atoms with Gasteiger partial charge in [0.1, 0.15) is 5.01 Å². The molecule has 1 aromatic carbocycles. The van der Waals surface area contributed by atoms with Gasteiger partial charge in [-0.1, -0.05) is 30.7 Å². The number of benzene rings is 1. The number of halogens is 2. The van der Waals surface area contributed by atoms with Crippen molar-refractivity contribution in [3.05, 3.63) is 40.9 Å². The maximum Gasteiger partial charge on any atom is 0.226 e. The summed E-state index contributed by atoms with van der Waals surface area (Å²) in [5, 5.41) is 9.43. The number of thiazole rings is 1. The third-order valence-corrected chi connectivity index (χ3v) is 5.62. The predicted octanol–water partition coefficient (Wildman–Crippen LogP) is 4.01. The molecule has 144 valence electrons. The van der Waals surface area contributed by atoms with Crippen LogP contribution in [0.15, 0.2) is 29.6 Å². The maximum atomic E-state index is 12.2. The highest BCUT2D eigenvalue weighted by atomic mass is 35.5. The molecule has 2 N–H and O–H groups in total. The van der Waals surface area contributed by atoms with Crippen LogP contribution in [0, 0.1) is 12.3 Å². The van der Waals surface area contributed by atoms with Crippen LogP contribution in [0.4, 0.5) is 0 Å². The van der Waals surface area contributed by atoms with Gasteiger partial charge in [-0.2, -0.15) is 0 Å². The summed E-state index contributed by atoms with van der Waals surface area (Å²) < 4.78 is 0. The number of piperidine rings is 1. The van der Waals surface area contributed by atoms with E-state index in [2.05, 4.69) is 47.7 Å². The molecule has 1 aromatic heterocycles. The Morgan fingerprint density at radius 1 is 1.31 bits per heavy atom. The van der Waals surface area contributed by atoms with E-state index in [-0.39, 0.29) is 36.1 Å². The lowest BCUT2D eigenvalue weighted by Crippen LogP contribution is -2.43. The van der Waals surface area contributed by atoms with Crippen LogP contribution in [0.1, 0.15) is 31.0 Å². The first-order valence-electron chi connectivity index (χ1n) is 8.53. The number of rotatable bonds is 5. The summed E-state index contributed by atoms with van der Waals surface area (Å²) in [7, 11) is 0. The van der Waals surface area contributed by atoms with E-state index in [0.29, 0.717) is 6.42 Å². The smallest absolute Gasteiger partial charge is 0.226 e. The summed E-state index contributed by atoms with van der Waals surface area (Å²) >= 11 is 1.60. The fraction of sp³-hybridized carbons (Fsp3) is 0.474. The highest BCUT2D eigenvalue weighted by Crippen LogP contribution is 2.27. The first-order chi connectivity index (χ1) is 11.5. The number of carbonyl (C=O) groups is 1. The Labute approximate surface area is 172 Å². The third kappa shape index (κ3) is 6.23. The molecule has 1 aliphatic rings. The molecule has 7 heteroatoms. The van der Waals surface area contributed by atoms with E-state index in [9.17, 15) is 4.79 Å². The number of hydrogen-bond acceptors (Lipinski definition) is 4. The number of nitrogens with zero attached hydrogens (tertiary/aromatic N) is 1. The van der Waals surface area contributed by atoms with Crippen molar-refractivity contribution in [3.8, 4) is 10.6 Å². The normalized spacial score (nSPS) is 15.5. The zero-order valence-corrected chi connectivity index (χ0v) is 17.7. The molecule has 0 aliphatic carbocycles. The van der Waals surface area contributed by atoms with E-state index in [0.717, 1.165) is 48.7 Å². The maximum absolute atomic E-state index is 12.2. The van der Waals surface area contributed by atoms with Crippen molar-refractivity contribution in [3.63, 3.8) is 0 Å². The van der Waals surface area contributed by atoms with Crippen LogP contribution in [0.25, 0.3) is 10.6 Å². The molecule has 4 nitrogen and oxygen atoms in total. The van der Waals surface area contributed by atoms with Crippen molar-refractivity contribution in [1.29, 1.82) is 0 Å². The zero-order valence-electron chi connectivity index (χ0n) is 15.2. The van der Waals surface area contributed by atoms with E-state index in [1.807, 2.05) is 11.4 Å². The van der Waals surface area contributed by atoms with E-state index >= 15 is 0 Å². The highest BCUT2D eigenvalue weighted by Gasteiger charge is 2.27. The van der Waals surface area contributed by atoms with Gasteiger partial charge in [0.2, 0.25) is 5.91 Å². The molecule has 1 saturated heterocycles. The fourth-order valence-electron chi connectivity index (χ4n) is 3.04. The van der Waals surface area contributed by atoms with E-state index < -0.39 is 0 Å². The standard InChI is InChI=1S/C19H25N3OS.2ClH/c1-14-4-3-5-15(10-14)18-22-16(12-24-18)11-17(23)21-13-19(2)6-8-20-9-7-19;;/h3-5,10,12,20H,6-9,11,13H2,1-2H3,(H,21,23);2*1H. The molecule has 0 unspecified atom stereocenters. The van der Waals surface area contributed by atoms with Crippen molar-refractivity contribution in [2.24, 2.45) is 5.41 Å². The van der Waals surface area contributed by atoms with Crippen molar-refractivity contribution in [1.82, 2.24) is 15.6 Å². The minimum Gasteiger partial charge on any atom is -0.355 e. The summed E-state index contributed by atoms with van der Waals surface area (Å²) in [6.45, 7) is 7.17. The van der Waals surface area contributed by atoms with E-state index in [1.165, 1.54) is 5.56 Å². The lowest BCUT2D eigenvalue weighted by molar-refractivity contribution is -0.121. The van der Waals surface area contributed by atoms with Crippen LogP contribution in [0.5, 0.6) is 0 Å². The molecule has 1 aliphatic heterocycles. The third-order valence-electron chi connectivity index (χ3n) is 4.68. The summed E-state index contributed by atoms with van der Waals surface area (Å²) in [5.74, 6) is 0.0656. The molecule has 3 rings (SSSR count). The SMILES string of the molecule is Cc1cccc(-c2nc(CC(=O)NCC3(C)CCNCC3)cs2)c1.Cl.Cl.